The Morgan fingerprint density at radius 2 is 2.07 bits per heavy atom. The second-order valence-electron chi connectivity index (χ2n) is 6.82. The fraction of sp³-hybridized carbons (Fsp3) is 0.333. The van der Waals surface area contributed by atoms with Gasteiger partial charge in [0.2, 0.25) is 5.89 Å². The normalized spacial score (nSPS) is 14.4. The van der Waals surface area contributed by atoms with E-state index >= 15 is 0 Å². The van der Waals surface area contributed by atoms with Crippen molar-refractivity contribution in [3.63, 3.8) is 0 Å². The number of aromatic nitrogens is 2. The lowest BCUT2D eigenvalue weighted by molar-refractivity contribution is 0.195. The molecule has 0 radical (unpaired) electrons. The number of phenolic OH excluding ortho intramolecular Hbond substituents is 1. The van der Waals surface area contributed by atoms with Crippen molar-refractivity contribution in [2.45, 2.75) is 33.4 Å². The summed E-state index contributed by atoms with van der Waals surface area (Å²) in [5.74, 6) is 2.07. The second-order valence-corrected chi connectivity index (χ2v) is 6.82. The molecule has 2 heterocycles. The highest BCUT2D eigenvalue weighted by molar-refractivity contribution is 5.71. The number of aromatic hydroxyl groups is 1. The molecule has 0 fully saturated rings. The molecule has 1 aliphatic heterocycles. The third kappa shape index (κ3) is 3.66. The molecule has 0 saturated carbocycles. The number of benzene rings is 2. The van der Waals surface area contributed by atoms with E-state index in [1.54, 1.807) is 6.07 Å². The van der Waals surface area contributed by atoms with Crippen molar-refractivity contribution >= 4 is 0 Å². The van der Waals surface area contributed by atoms with E-state index in [0.717, 1.165) is 35.5 Å². The molecule has 1 N–H and O–H groups in total. The number of hydrogen-bond acceptors (Lipinski definition) is 6. The first-order valence-electron chi connectivity index (χ1n) is 9.22. The predicted octanol–water partition coefficient (Wildman–Crippen LogP) is 3.71. The van der Waals surface area contributed by atoms with E-state index in [-0.39, 0.29) is 5.75 Å². The minimum absolute atomic E-state index is 0.179. The van der Waals surface area contributed by atoms with Crippen molar-refractivity contribution in [1.82, 2.24) is 15.0 Å². The van der Waals surface area contributed by atoms with Gasteiger partial charge in [-0.15, -0.1) is 0 Å². The topological polar surface area (TPSA) is 71.6 Å². The second kappa shape index (κ2) is 7.40. The molecule has 0 atom stereocenters. The maximum Gasteiger partial charge on any atom is 0.240 e. The van der Waals surface area contributed by atoms with Gasteiger partial charge in [-0.3, -0.25) is 4.90 Å². The Hall–Kier alpha value is -2.86. The molecule has 1 aromatic heterocycles. The van der Waals surface area contributed by atoms with Crippen molar-refractivity contribution < 1.29 is 14.4 Å². The van der Waals surface area contributed by atoms with Crippen LogP contribution in [0.2, 0.25) is 0 Å². The average molecular weight is 365 g/mol. The molecule has 0 unspecified atom stereocenters. The van der Waals surface area contributed by atoms with Crippen molar-refractivity contribution in [3.05, 3.63) is 59.2 Å². The Balaban J connectivity index is 1.63. The Morgan fingerprint density at radius 3 is 2.85 bits per heavy atom. The molecule has 27 heavy (non-hydrogen) atoms. The van der Waals surface area contributed by atoms with Crippen LogP contribution in [-0.2, 0) is 19.5 Å². The van der Waals surface area contributed by atoms with Gasteiger partial charge in [0.1, 0.15) is 6.61 Å². The van der Waals surface area contributed by atoms with Gasteiger partial charge in [0, 0.05) is 25.1 Å². The Morgan fingerprint density at radius 1 is 1.22 bits per heavy atom. The van der Waals surface area contributed by atoms with Gasteiger partial charge in [-0.05, 0) is 35.7 Å². The quantitative estimate of drug-likeness (QED) is 0.760. The summed E-state index contributed by atoms with van der Waals surface area (Å²) in [5.41, 5.74) is 4.22. The van der Waals surface area contributed by atoms with Crippen molar-refractivity contribution in [2.75, 3.05) is 13.2 Å². The van der Waals surface area contributed by atoms with Crippen LogP contribution in [0.5, 0.6) is 11.5 Å². The largest absolute Gasteiger partial charge is 0.504 e. The third-order valence-corrected chi connectivity index (χ3v) is 4.84. The highest BCUT2D eigenvalue weighted by Gasteiger charge is 2.21. The highest BCUT2D eigenvalue weighted by atomic mass is 16.5. The fourth-order valence-electron chi connectivity index (χ4n) is 3.43. The number of nitrogens with zero attached hydrogens (tertiary/aromatic N) is 3. The van der Waals surface area contributed by atoms with E-state index in [4.69, 9.17) is 9.26 Å². The minimum Gasteiger partial charge on any atom is -0.504 e. The van der Waals surface area contributed by atoms with Gasteiger partial charge in [-0.25, -0.2) is 0 Å². The number of fused-ring (bicyclic) bond motifs is 1. The Kier molecular flexibility index (Phi) is 4.81. The van der Waals surface area contributed by atoms with E-state index in [9.17, 15) is 5.11 Å². The lowest BCUT2D eigenvalue weighted by Crippen LogP contribution is -2.25. The van der Waals surface area contributed by atoms with Gasteiger partial charge in [0.15, 0.2) is 17.3 Å². The summed E-state index contributed by atoms with van der Waals surface area (Å²) in [6.45, 7) is 6.50. The van der Waals surface area contributed by atoms with E-state index in [1.165, 1.54) is 5.56 Å². The van der Waals surface area contributed by atoms with Crippen molar-refractivity contribution in [2.24, 2.45) is 0 Å². The zero-order valence-electron chi connectivity index (χ0n) is 15.6. The molecule has 4 rings (SSSR count). The fourth-order valence-corrected chi connectivity index (χ4v) is 3.43. The molecule has 1 aliphatic rings. The zero-order valence-corrected chi connectivity index (χ0v) is 15.6. The van der Waals surface area contributed by atoms with E-state index in [0.29, 0.717) is 31.3 Å². The lowest BCUT2D eigenvalue weighted by Gasteiger charge is -2.17. The standard InChI is InChI=1S/C21H23N3O3/c1-3-19-22-20(27-23-19)13-24-8-9-26-21-16(12-24)10-15(11-18(21)25)17-7-5-4-6-14(17)2/h4-7,10-11,25H,3,8-9,12-13H2,1-2H3. The monoisotopic (exact) mass is 365 g/mol. The summed E-state index contributed by atoms with van der Waals surface area (Å²) in [7, 11) is 0. The van der Waals surface area contributed by atoms with Crippen LogP contribution < -0.4 is 4.74 Å². The van der Waals surface area contributed by atoms with Crippen LogP contribution in [0.3, 0.4) is 0 Å². The first-order valence-corrected chi connectivity index (χ1v) is 9.22. The molecule has 140 valence electrons. The number of ether oxygens (including phenoxy) is 1. The van der Waals surface area contributed by atoms with Crippen LogP contribution in [0.4, 0.5) is 0 Å². The van der Waals surface area contributed by atoms with Crippen LogP contribution in [-0.4, -0.2) is 33.3 Å². The third-order valence-electron chi connectivity index (χ3n) is 4.84. The molecule has 0 spiro atoms. The van der Waals surface area contributed by atoms with Crippen LogP contribution in [0.15, 0.2) is 40.9 Å². The Labute approximate surface area is 158 Å². The summed E-state index contributed by atoms with van der Waals surface area (Å²) in [4.78, 5) is 6.59. The van der Waals surface area contributed by atoms with Crippen LogP contribution in [0.25, 0.3) is 11.1 Å². The van der Waals surface area contributed by atoms with Gasteiger partial charge in [-0.2, -0.15) is 4.98 Å². The first-order chi connectivity index (χ1) is 13.1. The molecule has 2 aromatic carbocycles. The van der Waals surface area contributed by atoms with E-state index in [2.05, 4.69) is 40.2 Å². The van der Waals surface area contributed by atoms with Crippen molar-refractivity contribution in [3.8, 4) is 22.6 Å². The molecule has 0 bridgehead atoms. The molecule has 6 nitrogen and oxygen atoms in total. The van der Waals surface area contributed by atoms with Gasteiger partial charge in [0.25, 0.3) is 0 Å². The summed E-state index contributed by atoms with van der Waals surface area (Å²) in [6, 6.07) is 12.0. The smallest absolute Gasteiger partial charge is 0.240 e. The molecule has 0 amide bonds. The highest BCUT2D eigenvalue weighted by Crippen LogP contribution is 2.38. The summed E-state index contributed by atoms with van der Waals surface area (Å²) in [6.07, 6.45) is 0.753. The lowest BCUT2D eigenvalue weighted by atomic mass is 9.98. The number of hydrogen-bond donors (Lipinski definition) is 1. The van der Waals surface area contributed by atoms with Gasteiger partial charge < -0.3 is 14.4 Å². The van der Waals surface area contributed by atoms with Crippen LogP contribution in [0.1, 0.15) is 29.8 Å². The Bertz CT molecular complexity index is 952. The SMILES string of the molecule is CCc1noc(CN2CCOc3c(O)cc(-c4ccccc4C)cc3C2)n1. The molecule has 0 saturated heterocycles. The number of aryl methyl sites for hydroxylation is 2. The zero-order chi connectivity index (χ0) is 18.8. The number of rotatable bonds is 4. The van der Waals surface area contributed by atoms with Crippen LogP contribution >= 0.6 is 0 Å². The van der Waals surface area contributed by atoms with Crippen LogP contribution in [0, 0.1) is 6.92 Å². The maximum absolute atomic E-state index is 10.5. The summed E-state index contributed by atoms with van der Waals surface area (Å²) < 4.78 is 11.2. The van der Waals surface area contributed by atoms with Gasteiger partial charge in [-0.1, -0.05) is 36.3 Å². The van der Waals surface area contributed by atoms with E-state index < -0.39 is 0 Å². The summed E-state index contributed by atoms with van der Waals surface area (Å²) >= 11 is 0. The molecule has 3 aromatic rings. The first kappa shape index (κ1) is 17.5. The molecular weight excluding hydrogens is 342 g/mol. The molecule has 0 aliphatic carbocycles. The van der Waals surface area contributed by atoms with Gasteiger partial charge in [0.05, 0.1) is 6.54 Å². The number of phenols is 1. The van der Waals surface area contributed by atoms with E-state index in [1.807, 2.05) is 19.1 Å². The maximum atomic E-state index is 10.5. The molecular formula is C21H23N3O3. The minimum atomic E-state index is 0.179. The average Bonchev–Trinajstić information content (AvgIpc) is 3.01. The van der Waals surface area contributed by atoms with Crippen molar-refractivity contribution in [1.29, 1.82) is 0 Å². The van der Waals surface area contributed by atoms with Gasteiger partial charge >= 0.3 is 0 Å². The predicted molar refractivity (Wildman–Crippen MR) is 102 cm³/mol. The molecule has 6 heteroatoms. The summed E-state index contributed by atoms with van der Waals surface area (Å²) in [5, 5.41) is 14.5.